The standard InChI is InChI=1S/C15H19N3O3S/c1-9-5-11(22-12(9)14(20)21)13(19)17-10-6-16-18(7-10)8-15(2,3)4/h5-7H,8H2,1-4H3,(H,17,19)(H,20,21). The normalized spacial score (nSPS) is 11.5. The molecule has 2 N–H and O–H groups in total. The minimum atomic E-state index is -1.01. The average Bonchev–Trinajstić information content (AvgIpc) is 2.94. The van der Waals surface area contributed by atoms with E-state index in [1.165, 1.54) is 0 Å². The van der Waals surface area contributed by atoms with Crippen LogP contribution in [0.3, 0.4) is 0 Å². The molecule has 0 aliphatic rings. The zero-order chi connectivity index (χ0) is 16.5. The molecule has 7 heteroatoms. The summed E-state index contributed by atoms with van der Waals surface area (Å²) < 4.78 is 1.78. The molecular formula is C15H19N3O3S. The summed E-state index contributed by atoms with van der Waals surface area (Å²) in [7, 11) is 0. The first-order chi connectivity index (χ1) is 10.2. The molecule has 1 amide bonds. The zero-order valence-corrected chi connectivity index (χ0v) is 13.8. The summed E-state index contributed by atoms with van der Waals surface area (Å²) in [4.78, 5) is 23.7. The van der Waals surface area contributed by atoms with Crippen molar-refractivity contribution in [2.75, 3.05) is 5.32 Å². The number of amides is 1. The SMILES string of the molecule is Cc1cc(C(=O)Nc2cnn(CC(C)(C)C)c2)sc1C(=O)O. The van der Waals surface area contributed by atoms with E-state index in [1.807, 2.05) is 0 Å². The maximum absolute atomic E-state index is 12.2. The third-order valence-corrected chi connectivity index (χ3v) is 4.09. The number of hydrogen-bond donors (Lipinski definition) is 2. The van der Waals surface area contributed by atoms with Crippen LogP contribution in [0.1, 0.15) is 45.7 Å². The number of carboxylic acids is 1. The molecule has 0 aliphatic heterocycles. The van der Waals surface area contributed by atoms with Crippen LogP contribution in [0.25, 0.3) is 0 Å². The molecule has 0 aromatic carbocycles. The molecule has 0 radical (unpaired) electrons. The monoisotopic (exact) mass is 321 g/mol. The number of aromatic carboxylic acids is 1. The Bertz CT molecular complexity index is 710. The van der Waals surface area contributed by atoms with Gasteiger partial charge < -0.3 is 10.4 Å². The fourth-order valence-corrected chi connectivity index (χ4v) is 2.91. The minimum Gasteiger partial charge on any atom is -0.477 e. The lowest BCUT2D eigenvalue weighted by Crippen LogP contribution is -2.15. The Hall–Kier alpha value is -2.15. The summed E-state index contributed by atoms with van der Waals surface area (Å²) in [5.41, 5.74) is 1.28. The number of aromatic nitrogens is 2. The van der Waals surface area contributed by atoms with Crippen LogP contribution in [0.15, 0.2) is 18.5 Å². The summed E-state index contributed by atoms with van der Waals surface area (Å²) in [5.74, 6) is -1.34. The van der Waals surface area contributed by atoms with Gasteiger partial charge in [-0.2, -0.15) is 5.10 Å². The highest BCUT2D eigenvalue weighted by molar-refractivity contribution is 7.16. The number of rotatable bonds is 4. The second-order valence-corrected chi connectivity index (χ2v) is 7.42. The van der Waals surface area contributed by atoms with Gasteiger partial charge in [-0.1, -0.05) is 20.8 Å². The Kier molecular flexibility index (Phi) is 4.37. The Morgan fingerprint density at radius 3 is 2.64 bits per heavy atom. The van der Waals surface area contributed by atoms with Gasteiger partial charge in [-0.05, 0) is 24.0 Å². The number of hydrogen-bond acceptors (Lipinski definition) is 4. The molecule has 0 saturated heterocycles. The number of aryl methyl sites for hydroxylation is 1. The number of thiophene rings is 1. The molecular weight excluding hydrogens is 302 g/mol. The first-order valence-electron chi connectivity index (χ1n) is 6.83. The fourth-order valence-electron chi connectivity index (χ4n) is 2.00. The summed E-state index contributed by atoms with van der Waals surface area (Å²) in [5, 5.41) is 16.0. The van der Waals surface area contributed by atoms with E-state index in [1.54, 1.807) is 30.1 Å². The third kappa shape index (κ3) is 3.94. The molecule has 0 atom stereocenters. The maximum atomic E-state index is 12.2. The van der Waals surface area contributed by atoms with Gasteiger partial charge in [0.2, 0.25) is 0 Å². The van der Waals surface area contributed by atoms with Crippen molar-refractivity contribution in [2.24, 2.45) is 5.41 Å². The zero-order valence-electron chi connectivity index (χ0n) is 13.0. The van der Waals surface area contributed by atoms with E-state index in [0.717, 1.165) is 17.9 Å². The lowest BCUT2D eigenvalue weighted by molar-refractivity contribution is 0.0701. The molecule has 0 bridgehead atoms. The highest BCUT2D eigenvalue weighted by Crippen LogP contribution is 2.23. The van der Waals surface area contributed by atoms with E-state index < -0.39 is 5.97 Å². The number of carbonyl (C=O) groups is 2. The van der Waals surface area contributed by atoms with Gasteiger partial charge in [0.1, 0.15) is 4.88 Å². The predicted molar refractivity (Wildman–Crippen MR) is 85.7 cm³/mol. The molecule has 2 aromatic heterocycles. The van der Waals surface area contributed by atoms with Crippen molar-refractivity contribution in [2.45, 2.75) is 34.2 Å². The van der Waals surface area contributed by atoms with Crippen LogP contribution in [0.4, 0.5) is 5.69 Å². The summed E-state index contributed by atoms with van der Waals surface area (Å²) >= 11 is 0.973. The van der Waals surface area contributed by atoms with Crippen LogP contribution in [-0.4, -0.2) is 26.8 Å². The maximum Gasteiger partial charge on any atom is 0.346 e. The van der Waals surface area contributed by atoms with E-state index in [4.69, 9.17) is 5.11 Å². The van der Waals surface area contributed by atoms with E-state index >= 15 is 0 Å². The smallest absolute Gasteiger partial charge is 0.346 e. The predicted octanol–water partition coefficient (Wildman–Crippen LogP) is 3.25. The highest BCUT2D eigenvalue weighted by Gasteiger charge is 2.18. The van der Waals surface area contributed by atoms with Crippen LogP contribution in [0, 0.1) is 12.3 Å². The largest absolute Gasteiger partial charge is 0.477 e. The van der Waals surface area contributed by atoms with Crippen molar-refractivity contribution in [1.82, 2.24) is 9.78 Å². The van der Waals surface area contributed by atoms with E-state index in [0.29, 0.717) is 16.1 Å². The first kappa shape index (κ1) is 16.2. The lowest BCUT2D eigenvalue weighted by atomic mass is 9.97. The molecule has 2 heterocycles. The Balaban J connectivity index is 2.09. The topological polar surface area (TPSA) is 84.2 Å². The number of nitrogens with one attached hydrogen (secondary N) is 1. The Morgan fingerprint density at radius 1 is 1.41 bits per heavy atom. The van der Waals surface area contributed by atoms with Crippen LogP contribution in [0.5, 0.6) is 0 Å². The number of carboxylic acid groups (broad SMARTS) is 1. The molecule has 2 rings (SSSR count). The molecule has 0 saturated carbocycles. The molecule has 0 unspecified atom stereocenters. The Morgan fingerprint density at radius 2 is 2.09 bits per heavy atom. The van der Waals surface area contributed by atoms with Gasteiger partial charge in [-0.25, -0.2) is 4.79 Å². The molecule has 2 aromatic rings. The molecule has 22 heavy (non-hydrogen) atoms. The van der Waals surface area contributed by atoms with Crippen molar-refractivity contribution < 1.29 is 14.7 Å². The van der Waals surface area contributed by atoms with Crippen molar-refractivity contribution >= 4 is 28.9 Å². The van der Waals surface area contributed by atoms with E-state index in [-0.39, 0.29) is 16.2 Å². The second kappa shape index (κ2) is 5.92. The summed E-state index contributed by atoms with van der Waals surface area (Å²) in [6.07, 6.45) is 3.35. The number of nitrogens with zero attached hydrogens (tertiary/aromatic N) is 2. The van der Waals surface area contributed by atoms with Crippen molar-refractivity contribution in [1.29, 1.82) is 0 Å². The fraction of sp³-hybridized carbons (Fsp3) is 0.400. The number of anilines is 1. The van der Waals surface area contributed by atoms with Gasteiger partial charge in [0.25, 0.3) is 5.91 Å². The van der Waals surface area contributed by atoms with Gasteiger partial charge in [0, 0.05) is 12.7 Å². The Labute approximate surface area is 132 Å². The van der Waals surface area contributed by atoms with Crippen LogP contribution < -0.4 is 5.32 Å². The molecule has 6 nitrogen and oxygen atoms in total. The van der Waals surface area contributed by atoms with Crippen molar-refractivity contribution in [3.8, 4) is 0 Å². The summed E-state index contributed by atoms with van der Waals surface area (Å²) in [6.45, 7) is 8.74. The van der Waals surface area contributed by atoms with Crippen molar-refractivity contribution in [3.63, 3.8) is 0 Å². The minimum absolute atomic E-state index is 0.0918. The third-order valence-electron chi connectivity index (χ3n) is 2.86. The van der Waals surface area contributed by atoms with Crippen molar-refractivity contribution in [3.05, 3.63) is 33.8 Å². The molecule has 118 valence electrons. The van der Waals surface area contributed by atoms with Gasteiger partial charge >= 0.3 is 5.97 Å². The first-order valence-corrected chi connectivity index (χ1v) is 7.65. The molecule has 0 fully saturated rings. The van der Waals surface area contributed by atoms with Crippen LogP contribution in [0.2, 0.25) is 0 Å². The quantitative estimate of drug-likeness (QED) is 0.905. The number of carbonyl (C=O) groups excluding carboxylic acids is 1. The highest BCUT2D eigenvalue weighted by atomic mass is 32.1. The van der Waals surface area contributed by atoms with Gasteiger partial charge in [-0.3, -0.25) is 9.48 Å². The van der Waals surface area contributed by atoms with Gasteiger partial charge in [0.05, 0.1) is 16.8 Å². The lowest BCUT2D eigenvalue weighted by Gasteiger charge is -2.17. The summed E-state index contributed by atoms with van der Waals surface area (Å²) in [6, 6.07) is 1.59. The average molecular weight is 321 g/mol. The van der Waals surface area contributed by atoms with E-state index in [2.05, 4.69) is 31.2 Å². The van der Waals surface area contributed by atoms with Crippen LogP contribution >= 0.6 is 11.3 Å². The van der Waals surface area contributed by atoms with Gasteiger partial charge in [-0.15, -0.1) is 11.3 Å². The van der Waals surface area contributed by atoms with E-state index in [9.17, 15) is 9.59 Å². The second-order valence-electron chi connectivity index (χ2n) is 6.37. The molecule has 0 aliphatic carbocycles. The van der Waals surface area contributed by atoms with Crippen LogP contribution in [-0.2, 0) is 6.54 Å². The van der Waals surface area contributed by atoms with Gasteiger partial charge in [0.15, 0.2) is 0 Å². The molecule has 0 spiro atoms.